The van der Waals surface area contributed by atoms with Gasteiger partial charge in [-0.3, -0.25) is 9.79 Å². The highest BCUT2D eigenvalue weighted by Crippen LogP contribution is 2.27. The molecule has 1 heterocycles. The number of hydrogen-bond donors (Lipinski definition) is 1. The van der Waals surface area contributed by atoms with E-state index in [1.165, 1.54) is 10.1 Å². The number of aryl methyl sites for hydroxylation is 2. The third-order valence-electron chi connectivity index (χ3n) is 5.00. The van der Waals surface area contributed by atoms with Crippen LogP contribution in [-0.2, 0) is 0 Å². The number of hydrogen-bond acceptors (Lipinski definition) is 3. The van der Waals surface area contributed by atoms with Crippen molar-refractivity contribution in [1.29, 1.82) is 0 Å². The Balaban J connectivity index is 1.97. The summed E-state index contributed by atoms with van der Waals surface area (Å²) in [7, 11) is 0. The third-order valence-corrected chi connectivity index (χ3v) is 5.24. The van der Waals surface area contributed by atoms with Gasteiger partial charge in [0.25, 0.3) is 5.56 Å². The first-order valence-electron chi connectivity index (χ1n) is 9.19. The molecule has 4 rings (SSSR count). The lowest BCUT2D eigenvalue weighted by Gasteiger charge is -2.14. The molecule has 0 amide bonds. The van der Waals surface area contributed by atoms with Crippen LogP contribution in [0, 0.1) is 13.8 Å². The van der Waals surface area contributed by atoms with Crippen molar-refractivity contribution < 1.29 is 5.11 Å². The maximum atomic E-state index is 13.1. The zero-order valence-corrected chi connectivity index (χ0v) is 16.8. The van der Waals surface area contributed by atoms with Gasteiger partial charge in [0.15, 0.2) is 0 Å². The lowest BCUT2D eigenvalue weighted by atomic mass is 10.1. The van der Waals surface area contributed by atoms with Crippen molar-refractivity contribution in [2.24, 2.45) is 4.99 Å². The Bertz CT molecular complexity index is 1320. The monoisotopic (exact) mass is 402 g/mol. The Morgan fingerprint density at radius 3 is 2.41 bits per heavy atom. The average Bonchev–Trinajstić information content (AvgIpc) is 2.71. The van der Waals surface area contributed by atoms with Crippen molar-refractivity contribution in [2.75, 3.05) is 0 Å². The van der Waals surface area contributed by atoms with Crippen molar-refractivity contribution >= 4 is 34.3 Å². The molecule has 5 heteroatoms. The van der Waals surface area contributed by atoms with Crippen LogP contribution in [0.2, 0.25) is 5.02 Å². The normalized spacial score (nSPS) is 11.4. The molecule has 144 valence electrons. The Labute approximate surface area is 173 Å². The summed E-state index contributed by atoms with van der Waals surface area (Å²) in [6.45, 7) is 4.07. The predicted molar refractivity (Wildman–Crippen MR) is 119 cm³/mol. The van der Waals surface area contributed by atoms with Gasteiger partial charge in [-0.25, -0.2) is 4.57 Å². The van der Waals surface area contributed by atoms with Gasteiger partial charge in [-0.15, -0.1) is 0 Å². The Morgan fingerprint density at radius 2 is 1.69 bits per heavy atom. The highest BCUT2D eigenvalue weighted by Gasteiger charge is 2.16. The Hall–Kier alpha value is -3.37. The van der Waals surface area contributed by atoms with Crippen molar-refractivity contribution in [3.05, 3.63) is 98.8 Å². The molecule has 0 saturated carbocycles. The van der Waals surface area contributed by atoms with Gasteiger partial charge in [-0.05, 0) is 61.4 Å². The molecule has 0 aliphatic heterocycles. The minimum Gasteiger partial charge on any atom is -0.494 e. The molecule has 3 aromatic carbocycles. The second-order valence-electron chi connectivity index (χ2n) is 6.93. The van der Waals surface area contributed by atoms with Gasteiger partial charge in [0.2, 0.25) is 5.88 Å². The maximum absolute atomic E-state index is 13.1. The third kappa shape index (κ3) is 3.55. The Morgan fingerprint density at radius 1 is 0.931 bits per heavy atom. The van der Waals surface area contributed by atoms with Gasteiger partial charge in [0.05, 0.1) is 16.9 Å². The van der Waals surface area contributed by atoms with E-state index in [9.17, 15) is 9.90 Å². The zero-order valence-electron chi connectivity index (χ0n) is 16.1. The number of fused-ring (bicyclic) bond motifs is 1. The van der Waals surface area contributed by atoms with Crippen LogP contribution in [0.3, 0.4) is 0 Å². The lowest BCUT2D eigenvalue weighted by Crippen LogP contribution is -2.20. The summed E-state index contributed by atoms with van der Waals surface area (Å²) in [6, 6.07) is 19.9. The van der Waals surface area contributed by atoms with Crippen molar-refractivity contribution in [3.63, 3.8) is 0 Å². The van der Waals surface area contributed by atoms with Crippen molar-refractivity contribution in [1.82, 2.24) is 4.57 Å². The molecule has 0 spiro atoms. The standard InChI is InChI=1S/C24H19ClN2O2/c1-15-10-11-18(12-16(15)2)26-14-22-20-8-3-4-9-21(20)23(28)27(24(22)29)19-7-5-6-17(25)13-19/h3-14,29H,1-2H3. The van der Waals surface area contributed by atoms with E-state index in [2.05, 4.69) is 4.99 Å². The fourth-order valence-corrected chi connectivity index (χ4v) is 3.47. The van der Waals surface area contributed by atoms with Gasteiger partial charge in [0, 0.05) is 22.0 Å². The highest BCUT2D eigenvalue weighted by molar-refractivity contribution is 6.30. The highest BCUT2D eigenvalue weighted by atomic mass is 35.5. The van der Waals surface area contributed by atoms with Gasteiger partial charge < -0.3 is 5.11 Å². The summed E-state index contributed by atoms with van der Waals surface area (Å²) in [5.74, 6) is -0.177. The van der Waals surface area contributed by atoms with E-state index in [1.54, 1.807) is 48.7 Å². The van der Waals surface area contributed by atoms with Gasteiger partial charge in [0.1, 0.15) is 0 Å². The SMILES string of the molecule is Cc1ccc(N=Cc2c(O)n(-c3cccc(Cl)c3)c(=O)c3ccccc23)cc1C. The number of rotatable bonds is 3. The Kier molecular flexibility index (Phi) is 4.95. The van der Waals surface area contributed by atoms with Crippen LogP contribution in [0.1, 0.15) is 16.7 Å². The molecule has 0 atom stereocenters. The zero-order chi connectivity index (χ0) is 20.5. The summed E-state index contributed by atoms with van der Waals surface area (Å²) in [5, 5.41) is 12.6. The van der Waals surface area contributed by atoms with Crippen LogP contribution in [0.4, 0.5) is 5.69 Å². The molecule has 29 heavy (non-hydrogen) atoms. The summed E-state index contributed by atoms with van der Waals surface area (Å²) in [5.41, 5.74) is 3.75. The smallest absolute Gasteiger partial charge is 0.265 e. The van der Waals surface area contributed by atoms with Crippen LogP contribution in [0.15, 0.2) is 76.5 Å². The van der Waals surface area contributed by atoms with Crippen molar-refractivity contribution in [3.8, 4) is 11.6 Å². The number of benzene rings is 3. The maximum Gasteiger partial charge on any atom is 0.265 e. The van der Waals surface area contributed by atoms with E-state index in [1.807, 2.05) is 38.1 Å². The topological polar surface area (TPSA) is 54.6 Å². The van der Waals surface area contributed by atoms with Crippen LogP contribution in [-0.4, -0.2) is 15.9 Å². The van der Waals surface area contributed by atoms with E-state index in [0.717, 1.165) is 11.3 Å². The first kappa shape index (κ1) is 19.0. The molecular formula is C24H19ClN2O2. The molecule has 0 saturated heterocycles. The summed E-state index contributed by atoms with van der Waals surface area (Å²) >= 11 is 6.10. The summed E-state index contributed by atoms with van der Waals surface area (Å²) < 4.78 is 1.26. The fraction of sp³-hybridized carbons (Fsp3) is 0.0833. The molecule has 4 nitrogen and oxygen atoms in total. The van der Waals surface area contributed by atoms with Crippen LogP contribution >= 0.6 is 11.6 Å². The van der Waals surface area contributed by atoms with E-state index in [4.69, 9.17) is 11.6 Å². The molecule has 0 bridgehead atoms. The quantitative estimate of drug-likeness (QED) is 0.446. The minimum absolute atomic E-state index is 0.177. The predicted octanol–water partition coefficient (Wildman–Crippen LogP) is 5.72. The molecule has 0 aliphatic rings. The molecule has 1 aromatic heterocycles. The number of nitrogens with zero attached hydrogens (tertiary/aromatic N) is 2. The number of halogens is 1. The fourth-order valence-electron chi connectivity index (χ4n) is 3.29. The number of aromatic hydroxyl groups is 1. The molecule has 0 radical (unpaired) electrons. The van der Waals surface area contributed by atoms with Crippen LogP contribution in [0.25, 0.3) is 16.5 Å². The molecule has 0 fully saturated rings. The van der Waals surface area contributed by atoms with Crippen LogP contribution in [0.5, 0.6) is 5.88 Å². The lowest BCUT2D eigenvalue weighted by molar-refractivity contribution is 0.436. The van der Waals surface area contributed by atoms with E-state index in [-0.39, 0.29) is 11.4 Å². The van der Waals surface area contributed by atoms with Gasteiger partial charge in [-0.1, -0.05) is 41.9 Å². The van der Waals surface area contributed by atoms with Crippen LogP contribution < -0.4 is 5.56 Å². The second-order valence-corrected chi connectivity index (χ2v) is 7.37. The molecule has 1 N–H and O–H groups in total. The minimum atomic E-state index is -0.316. The second kappa shape index (κ2) is 7.57. The number of aromatic nitrogens is 1. The van der Waals surface area contributed by atoms with E-state index in [0.29, 0.717) is 27.0 Å². The number of pyridine rings is 1. The van der Waals surface area contributed by atoms with Gasteiger partial charge in [-0.2, -0.15) is 0 Å². The van der Waals surface area contributed by atoms with Crippen molar-refractivity contribution in [2.45, 2.75) is 13.8 Å². The summed E-state index contributed by atoms with van der Waals surface area (Å²) in [6.07, 6.45) is 1.60. The average molecular weight is 403 g/mol. The molecular weight excluding hydrogens is 384 g/mol. The van der Waals surface area contributed by atoms with Gasteiger partial charge >= 0.3 is 0 Å². The molecule has 0 aliphatic carbocycles. The van der Waals surface area contributed by atoms with E-state index >= 15 is 0 Å². The summed E-state index contributed by atoms with van der Waals surface area (Å²) in [4.78, 5) is 17.6. The first-order valence-corrected chi connectivity index (χ1v) is 9.57. The largest absolute Gasteiger partial charge is 0.494 e. The molecule has 0 unspecified atom stereocenters. The molecule has 4 aromatic rings. The number of aliphatic imine (C=N–C) groups is 1. The van der Waals surface area contributed by atoms with E-state index < -0.39 is 0 Å². The first-order chi connectivity index (χ1) is 14.0.